The zero-order chi connectivity index (χ0) is 17.4. The molecule has 130 valence electrons. The highest BCUT2D eigenvalue weighted by Gasteiger charge is 2.36. The molecule has 0 aromatic carbocycles. The standard InChI is InChI=1S/C18H25N3O3/c1-10(2)17-19-16(20-24-17)15-7-6-8-21(15)18(22)12(4)14-9-11(3)23-13(14)5/h9-10,12,15H,6-8H2,1-5H3/t12-,15+/m0/s1. The van der Waals surface area contributed by atoms with E-state index in [1.165, 1.54) is 0 Å². The number of amides is 1. The molecule has 1 aliphatic heterocycles. The third kappa shape index (κ3) is 2.97. The van der Waals surface area contributed by atoms with E-state index in [0.29, 0.717) is 11.7 Å². The van der Waals surface area contributed by atoms with Gasteiger partial charge in [-0.1, -0.05) is 19.0 Å². The van der Waals surface area contributed by atoms with Crippen molar-refractivity contribution in [3.05, 3.63) is 34.9 Å². The fourth-order valence-electron chi connectivity index (χ4n) is 3.38. The Morgan fingerprint density at radius 3 is 2.67 bits per heavy atom. The van der Waals surface area contributed by atoms with Crippen LogP contribution in [0.3, 0.4) is 0 Å². The van der Waals surface area contributed by atoms with Gasteiger partial charge in [-0.15, -0.1) is 0 Å². The molecular weight excluding hydrogens is 306 g/mol. The Hall–Kier alpha value is -2.11. The van der Waals surface area contributed by atoms with E-state index in [-0.39, 0.29) is 23.8 Å². The minimum Gasteiger partial charge on any atom is -0.466 e. The molecule has 2 aromatic rings. The Morgan fingerprint density at radius 1 is 1.33 bits per heavy atom. The smallest absolute Gasteiger partial charge is 0.230 e. The molecular formula is C18H25N3O3. The largest absolute Gasteiger partial charge is 0.466 e. The highest BCUT2D eigenvalue weighted by molar-refractivity contribution is 5.84. The van der Waals surface area contributed by atoms with Crippen molar-refractivity contribution in [3.8, 4) is 0 Å². The summed E-state index contributed by atoms with van der Waals surface area (Å²) in [6, 6.07) is 1.86. The van der Waals surface area contributed by atoms with Crippen molar-refractivity contribution < 1.29 is 13.7 Å². The van der Waals surface area contributed by atoms with Crippen molar-refractivity contribution in [1.82, 2.24) is 15.0 Å². The molecule has 0 aliphatic carbocycles. The summed E-state index contributed by atoms with van der Waals surface area (Å²) < 4.78 is 10.9. The Bertz CT molecular complexity index is 732. The van der Waals surface area contributed by atoms with Crippen molar-refractivity contribution in [2.75, 3.05) is 6.54 Å². The first-order chi connectivity index (χ1) is 11.4. The summed E-state index contributed by atoms with van der Waals surface area (Å²) in [6.07, 6.45) is 1.83. The van der Waals surface area contributed by atoms with Gasteiger partial charge in [-0.25, -0.2) is 0 Å². The maximum absolute atomic E-state index is 13.0. The van der Waals surface area contributed by atoms with Gasteiger partial charge in [0.05, 0.1) is 12.0 Å². The first-order valence-electron chi connectivity index (χ1n) is 8.59. The fourth-order valence-corrected chi connectivity index (χ4v) is 3.38. The van der Waals surface area contributed by atoms with Gasteiger partial charge in [0.1, 0.15) is 11.5 Å². The molecule has 1 fully saturated rings. The van der Waals surface area contributed by atoms with Crippen LogP contribution < -0.4 is 0 Å². The highest BCUT2D eigenvalue weighted by atomic mass is 16.5. The van der Waals surface area contributed by atoms with Crippen molar-refractivity contribution in [2.24, 2.45) is 0 Å². The number of carbonyl (C=O) groups excluding carboxylic acids is 1. The van der Waals surface area contributed by atoms with Gasteiger partial charge in [-0.3, -0.25) is 4.79 Å². The molecule has 0 bridgehead atoms. The third-order valence-electron chi connectivity index (χ3n) is 4.70. The van der Waals surface area contributed by atoms with Gasteiger partial charge >= 0.3 is 0 Å². The Morgan fingerprint density at radius 2 is 2.08 bits per heavy atom. The lowest BCUT2D eigenvalue weighted by atomic mass is 9.99. The molecule has 0 spiro atoms. The molecule has 1 aliphatic rings. The van der Waals surface area contributed by atoms with Gasteiger partial charge < -0.3 is 13.8 Å². The lowest BCUT2D eigenvalue weighted by molar-refractivity contribution is -0.133. The molecule has 24 heavy (non-hydrogen) atoms. The second-order valence-electron chi connectivity index (χ2n) is 6.93. The van der Waals surface area contributed by atoms with E-state index in [2.05, 4.69) is 10.1 Å². The van der Waals surface area contributed by atoms with Gasteiger partial charge in [0.15, 0.2) is 5.82 Å². The summed E-state index contributed by atoms with van der Waals surface area (Å²) >= 11 is 0. The van der Waals surface area contributed by atoms with Crippen molar-refractivity contribution in [3.63, 3.8) is 0 Å². The van der Waals surface area contributed by atoms with Crippen molar-refractivity contribution in [1.29, 1.82) is 0 Å². The van der Waals surface area contributed by atoms with Crippen LogP contribution in [0.2, 0.25) is 0 Å². The van der Waals surface area contributed by atoms with Crippen LogP contribution in [-0.2, 0) is 4.79 Å². The van der Waals surface area contributed by atoms with Crippen LogP contribution in [0.5, 0.6) is 0 Å². The molecule has 0 N–H and O–H groups in total. The molecule has 2 atom stereocenters. The number of furan rings is 1. The van der Waals surface area contributed by atoms with Crippen LogP contribution in [0.4, 0.5) is 0 Å². The van der Waals surface area contributed by atoms with E-state index in [1.807, 2.05) is 45.6 Å². The summed E-state index contributed by atoms with van der Waals surface area (Å²) in [5.41, 5.74) is 0.958. The maximum Gasteiger partial charge on any atom is 0.230 e. The normalized spacial score (nSPS) is 19.2. The Balaban J connectivity index is 1.81. The second-order valence-corrected chi connectivity index (χ2v) is 6.93. The van der Waals surface area contributed by atoms with E-state index in [1.54, 1.807) is 0 Å². The number of hydrogen-bond acceptors (Lipinski definition) is 5. The minimum absolute atomic E-state index is 0.0931. The summed E-state index contributed by atoms with van der Waals surface area (Å²) in [6.45, 7) is 10.5. The van der Waals surface area contributed by atoms with Crippen LogP contribution in [0.1, 0.15) is 80.3 Å². The zero-order valence-electron chi connectivity index (χ0n) is 15.0. The number of aryl methyl sites for hydroxylation is 2. The molecule has 3 rings (SSSR count). The summed E-state index contributed by atoms with van der Waals surface area (Å²) in [7, 11) is 0. The number of nitrogens with zero attached hydrogens (tertiary/aromatic N) is 3. The van der Waals surface area contributed by atoms with Crippen LogP contribution in [0.25, 0.3) is 0 Å². The zero-order valence-corrected chi connectivity index (χ0v) is 15.0. The molecule has 1 saturated heterocycles. The van der Waals surface area contributed by atoms with Gasteiger partial charge in [-0.05, 0) is 39.7 Å². The minimum atomic E-state index is -0.237. The monoisotopic (exact) mass is 331 g/mol. The number of rotatable bonds is 4. The first-order valence-corrected chi connectivity index (χ1v) is 8.59. The first kappa shape index (κ1) is 16.7. The molecule has 0 saturated carbocycles. The van der Waals surface area contributed by atoms with Crippen LogP contribution in [-0.4, -0.2) is 27.5 Å². The lowest BCUT2D eigenvalue weighted by Crippen LogP contribution is -2.34. The fraction of sp³-hybridized carbons (Fsp3) is 0.611. The molecule has 3 heterocycles. The van der Waals surface area contributed by atoms with Crippen molar-refractivity contribution >= 4 is 5.91 Å². The van der Waals surface area contributed by atoms with E-state index < -0.39 is 0 Å². The topological polar surface area (TPSA) is 72.4 Å². The Labute approximate surface area is 142 Å². The van der Waals surface area contributed by atoms with Crippen molar-refractivity contribution in [2.45, 2.75) is 65.3 Å². The van der Waals surface area contributed by atoms with Gasteiger partial charge in [0.25, 0.3) is 0 Å². The van der Waals surface area contributed by atoms with E-state index in [4.69, 9.17) is 8.94 Å². The number of likely N-dealkylation sites (tertiary alicyclic amines) is 1. The van der Waals surface area contributed by atoms with E-state index in [9.17, 15) is 4.79 Å². The van der Waals surface area contributed by atoms with E-state index in [0.717, 1.165) is 36.5 Å². The molecule has 6 heteroatoms. The quantitative estimate of drug-likeness (QED) is 0.850. The average Bonchev–Trinajstić information content (AvgIpc) is 3.23. The summed E-state index contributed by atoms with van der Waals surface area (Å²) in [5, 5.41) is 4.11. The molecule has 0 radical (unpaired) electrons. The highest BCUT2D eigenvalue weighted by Crippen LogP contribution is 2.34. The summed E-state index contributed by atoms with van der Waals surface area (Å²) in [5.74, 6) is 2.94. The van der Waals surface area contributed by atoms with Gasteiger partial charge in [0.2, 0.25) is 11.8 Å². The maximum atomic E-state index is 13.0. The second kappa shape index (κ2) is 6.42. The SMILES string of the molecule is Cc1cc([C@H](C)C(=O)N2CCC[C@@H]2c2noc(C(C)C)n2)c(C)o1. The molecule has 0 unspecified atom stereocenters. The Kier molecular flexibility index (Phi) is 4.47. The average molecular weight is 331 g/mol. The molecule has 6 nitrogen and oxygen atoms in total. The van der Waals surface area contributed by atoms with E-state index >= 15 is 0 Å². The molecule has 2 aromatic heterocycles. The van der Waals surface area contributed by atoms with Gasteiger partial charge in [0, 0.05) is 18.0 Å². The number of hydrogen-bond donors (Lipinski definition) is 0. The number of carbonyl (C=O) groups is 1. The predicted molar refractivity (Wildman–Crippen MR) is 88.7 cm³/mol. The van der Waals surface area contributed by atoms with Crippen LogP contribution >= 0.6 is 0 Å². The summed E-state index contributed by atoms with van der Waals surface area (Å²) in [4.78, 5) is 19.4. The third-order valence-corrected chi connectivity index (χ3v) is 4.70. The van der Waals surface area contributed by atoms with Crippen LogP contribution in [0, 0.1) is 13.8 Å². The lowest BCUT2D eigenvalue weighted by Gasteiger charge is -2.25. The number of aromatic nitrogens is 2. The molecule has 1 amide bonds. The van der Waals surface area contributed by atoms with Gasteiger partial charge in [-0.2, -0.15) is 4.98 Å². The van der Waals surface area contributed by atoms with Crippen LogP contribution in [0.15, 0.2) is 15.0 Å². The predicted octanol–water partition coefficient (Wildman–Crippen LogP) is 3.87.